The Morgan fingerprint density at radius 1 is 1.38 bits per heavy atom. The van der Waals surface area contributed by atoms with Gasteiger partial charge in [0.1, 0.15) is 5.75 Å². The number of hydrogen-bond donors (Lipinski definition) is 1. The molecule has 1 aromatic carbocycles. The predicted octanol–water partition coefficient (Wildman–Crippen LogP) is 3.18. The van der Waals surface area contributed by atoms with Crippen molar-refractivity contribution in [3.63, 3.8) is 0 Å². The summed E-state index contributed by atoms with van der Waals surface area (Å²) in [5.41, 5.74) is 2.91. The fraction of sp³-hybridized carbons (Fsp3) is 0.647. The molecule has 116 valence electrons. The highest BCUT2D eigenvalue weighted by Gasteiger charge is 2.33. The summed E-state index contributed by atoms with van der Waals surface area (Å²) in [6, 6.07) is 7.03. The van der Waals surface area contributed by atoms with E-state index in [-0.39, 0.29) is 0 Å². The Morgan fingerprint density at radius 3 is 2.90 bits per heavy atom. The molecule has 4 heteroatoms. The Labute approximate surface area is 131 Å². The molecular weight excluding hydrogens is 282 g/mol. The number of hydrogen-bond acceptors (Lipinski definition) is 4. The average molecular weight is 307 g/mol. The average Bonchev–Trinajstić information content (AvgIpc) is 2.48. The lowest BCUT2D eigenvalue weighted by Gasteiger charge is -2.38. The lowest BCUT2D eigenvalue weighted by Crippen LogP contribution is -2.39. The van der Waals surface area contributed by atoms with Gasteiger partial charge in [-0.25, -0.2) is 0 Å². The number of aryl methyl sites for hydroxylation is 1. The fourth-order valence-electron chi connectivity index (χ4n) is 3.12. The van der Waals surface area contributed by atoms with Crippen LogP contribution in [-0.4, -0.2) is 37.4 Å². The van der Waals surface area contributed by atoms with Crippen LogP contribution in [0.1, 0.15) is 36.9 Å². The Hall–Kier alpha value is -0.710. The molecule has 2 unspecified atom stereocenters. The first-order chi connectivity index (χ1) is 10.3. The monoisotopic (exact) mass is 307 g/mol. The predicted molar refractivity (Wildman–Crippen MR) is 88.3 cm³/mol. The first kappa shape index (κ1) is 15.2. The maximum absolute atomic E-state index is 5.37. The van der Waals surface area contributed by atoms with Crippen molar-refractivity contribution in [2.24, 2.45) is 0 Å². The van der Waals surface area contributed by atoms with E-state index < -0.39 is 0 Å². The van der Waals surface area contributed by atoms with E-state index in [1.165, 1.54) is 24.0 Å². The van der Waals surface area contributed by atoms with Crippen LogP contribution in [0.5, 0.6) is 5.75 Å². The van der Waals surface area contributed by atoms with E-state index in [0.29, 0.717) is 16.5 Å². The number of nitrogens with one attached hydrogen (secondary N) is 1. The maximum atomic E-state index is 5.37. The van der Waals surface area contributed by atoms with Crippen LogP contribution in [0, 0.1) is 0 Å². The highest BCUT2D eigenvalue weighted by atomic mass is 32.2. The van der Waals surface area contributed by atoms with Gasteiger partial charge in [-0.3, -0.25) is 0 Å². The molecule has 0 amide bonds. The molecule has 0 bridgehead atoms. The molecule has 1 aliphatic heterocycles. The molecule has 1 fully saturated rings. The minimum Gasteiger partial charge on any atom is -0.497 e. The lowest BCUT2D eigenvalue weighted by atomic mass is 9.87. The molecule has 3 rings (SSSR count). The largest absolute Gasteiger partial charge is 0.497 e. The zero-order chi connectivity index (χ0) is 14.7. The topological polar surface area (TPSA) is 30.5 Å². The zero-order valence-electron chi connectivity index (χ0n) is 12.9. The second kappa shape index (κ2) is 7.03. The lowest BCUT2D eigenvalue weighted by molar-refractivity contribution is 0.0451. The van der Waals surface area contributed by atoms with Crippen LogP contribution in [-0.2, 0) is 11.2 Å². The maximum Gasteiger partial charge on any atom is 0.119 e. The van der Waals surface area contributed by atoms with E-state index in [1.54, 1.807) is 7.11 Å². The summed E-state index contributed by atoms with van der Waals surface area (Å²) in [5, 5.41) is 5.12. The van der Waals surface area contributed by atoms with E-state index in [1.807, 2.05) is 0 Å². The van der Waals surface area contributed by atoms with Gasteiger partial charge < -0.3 is 14.8 Å². The van der Waals surface area contributed by atoms with Crippen molar-refractivity contribution in [2.75, 3.05) is 26.9 Å². The third-order valence-electron chi connectivity index (χ3n) is 4.34. The molecule has 2 aliphatic rings. The summed E-state index contributed by atoms with van der Waals surface area (Å²) in [5.74, 6) is 0.974. The van der Waals surface area contributed by atoms with Gasteiger partial charge >= 0.3 is 0 Å². The molecule has 0 radical (unpaired) electrons. The molecule has 1 aliphatic carbocycles. The quantitative estimate of drug-likeness (QED) is 0.874. The molecule has 1 aromatic rings. The summed E-state index contributed by atoms with van der Waals surface area (Å²) >= 11 is 2.12. The van der Waals surface area contributed by atoms with Crippen LogP contribution in [0.2, 0.25) is 0 Å². The molecular formula is C17H25NO2S. The van der Waals surface area contributed by atoms with Gasteiger partial charge in [0.25, 0.3) is 0 Å². The second-order valence-corrected chi connectivity index (χ2v) is 7.41. The second-order valence-electron chi connectivity index (χ2n) is 5.87. The van der Waals surface area contributed by atoms with E-state index in [4.69, 9.17) is 9.47 Å². The van der Waals surface area contributed by atoms with Crippen LogP contribution in [0.3, 0.4) is 0 Å². The van der Waals surface area contributed by atoms with E-state index >= 15 is 0 Å². The van der Waals surface area contributed by atoms with Crippen molar-refractivity contribution in [3.8, 4) is 5.75 Å². The molecule has 0 spiro atoms. The van der Waals surface area contributed by atoms with Crippen molar-refractivity contribution in [2.45, 2.75) is 42.7 Å². The molecule has 3 nitrogen and oxygen atoms in total. The van der Waals surface area contributed by atoms with Crippen molar-refractivity contribution in [1.82, 2.24) is 5.32 Å². The van der Waals surface area contributed by atoms with E-state index in [0.717, 1.165) is 31.9 Å². The van der Waals surface area contributed by atoms with Gasteiger partial charge in [-0.1, -0.05) is 13.0 Å². The number of benzene rings is 1. The minimum atomic E-state index is 0.463. The summed E-state index contributed by atoms with van der Waals surface area (Å²) in [6.07, 6.45) is 3.57. The highest BCUT2D eigenvalue weighted by Crippen LogP contribution is 2.41. The zero-order valence-corrected chi connectivity index (χ0v) is 13.7. The number of methoxy groups -OCH3 is 1. The Morgan fingerprint density at radius 2 is 2.24 bits per heavy atom. The molecule has 21 heavy (non-hydrogen) atoms. The number of rotatable bonds is 6. The van der Waals surface area contributed by atoms with Crippen LogP contribution in [0.4, 0.5) is 0 Å². The van der Waals surface area contributed by atoms with Gasteiger partial charge in [0, 0.05) is 11.3 Å². The van der Waals surface area contributed by atoms with Crippen molar-refractivity contribution >= 4 is 11.8 Å². The Kier molecular flexibility index (Phi) is 5.09. The number of ether oxygens (including phenoxy) is 2. The molecule has 0 aromatic heterocycles. The Balaban J connectivity index is 1.79. The summed E-state index contributed by atoms with van der Waals surface area (Å²) in [7, 11) is 1.74. The molecule has 0 saturated carbocycles. The fourth-order valence-corrected chi connectivity index (χ4v) is 4.62. The van der Waals surface area contributed by atoms with Gasteiger partial charge in [-0.05, 0) is 49.1 Å². The summed E-state index contributed by atoms with van der Waals surface area (Å²) in [4.78, 5) is 0. The van der Waals surface area contributed by atoms with Gasteiger partial charge in [0.2, 0.25) is 0 Å². The third kappa shape index (κ3) is 3.38. The van der Waals surface area contributed by atoms with Gasteiger partial charge in [-0.15, -0.1) is 11.8 Å². The van der Waals surface area contributed by atoms with Gasteiger partial charge in [0.15, 0.2) is 0 Å². The molecule has 1 saturated heterocycles. The molecule has 1 N–H and O–H groups in total. The normalized spacial score (nSPS) is 25.2. The van der Waals surface area contributed by atoms with Crippen LogP contribution < -0.4 is 10.1 Å². The standard InChI is InChI=1S/C17H25NO2S/c1-3-8-18-17-15-6-5-13(19-2)9-12(15)4-7-16(17)21-14-10-20-11-14/h5-6,9,14,16-18H,3-4,7-8,10-11H2,1-2H3. The highest BCUT2D eigenvalue weighted by molar-refractivity contribution is 8.00. The first-order valence-corrected chi connectivity index (χ1v) is 8.89. The third-order valence-corrected chi connectivity index (χ3v) is 5.86. The van der Waals surface area contributed by atoms with E-state index in [9.17, 15) is 0 Å². The van der Waals surface area contributed by atoms with Crippen LogP contribution in [0.15, 0.2) is 18.2 Å². The van der Waals surface area contributed by atoms with Crippen molar-refractivity contribution in [3.05, 3.63) is 29.3 Å². The number of fused-ring (bicyclic) bond motifs is 1. The first-order valence-electron chi connectivity index (χ1n) is 7.95. The van der Waals surface area contributed by atoms with Crippen LogP contribution in [0.25, 0.3) is 0 Å². The van der Waals surface area contributed by atoms with Gasteiger partial charge in [-0.2, -0.15) is 0 Å². The van der Waals surface area contributed by atoms with Gasteiger partial charge in [0.05, 0.1) is 25.6 Å². The van der Waals surface area contributed by atoms with Crippen LogP contribution >= 0.6 is 11.8 Å². The van der Waals surface area contributed by atoms with E-state index in [2.05, 4.69) is 42.2 Å². The number of thioether (sulfide) groups is 1. The molecule has 2 atom stereocenters. The SMILES string of the molecule is CCCNC1c2ccc(OC)cc2CCC1SC1COC1. The Bertz CT molecular complexity index is 476. The summed E-state index contributed by atoms with van der Waals surface area (Å²) in [6.45, 7) is 5.16. The minimum absolute atomic E-state index is 0.463. The van der Waals surface area contributed by atoms with Crippen molar-refractivity contribution in [1.29, 1.82) is 0 Å². The van der Waals surface area contributed by atoms with Crippen molar-refractivity contribution < 1.29 is 9.47 Å². The summed E-state index contributed by atoms with van der Waals surface area (Å²) < 4.78 is 10.7. The molecule has 1 heterocycles. The smallest absolute Gasteiger partial charge is 0.119 e.